The lowest BCUT2D eigenvalue weighted by atomic mass is 10.1. The highest BCUT2D eigenvalue weighted by Crippen LogP contribution is 2.23. The van der Waals surface area contributed by atoms with Crippen LogP contribution in [-0.4, -0.2) is 27.9 Å². The van der Waals surface area contributed by atoms with E-state index in [1.807, 2.05) is 37.3 Å². The number of para-hydroxylation sites is 1. The first kappa shape index (κ1) is 23.5. The average molecular weight is 433 g/mol. The Morgan fingerprint density at radius 2 is 1.84 bits per heavy atom. The number of hydrogen-bond acceptors (Lipinski definition) is 4. The van der Waals surface area contributed by atoms with E-state index in [1.165, 1.54) is 0 Å². The quantitative estimate of drug-likeness (QED) is 0.196. The molecule has 0 aliphatic carbocycles. The van der Waals surface area contributed by atoms with Crippen LogP contribution in [0, 0.1) is 0 Å². The number of unbranched alkanes of at least 4 members (excludes halogenated alkanes) is 4. The molecule has 0 aliphatic rings. The third-order valence-electron chi connectivity index (χ3n) is 5.48. The molecule has 0 saturated heterocycles. The molecule has 5 nitrogen and oxygen atoms in total. The molecule has 168 valence electrons. The van der Waals surface area contributed by atoms with Crippen molar-refractivity contribution < 1.29 is 14.3 Å². The number of esters is 1. The Balaban J connectivity index is 1.38. The minimum Gasteiger partial charge on any atom is -0.466 e. The van der Waals surface area contributed by atoms with E-state index in [2.05, 4.69) is 27.9 Å². The lowest BCUT2D eigenvalue weighted by Crippen LogP contribution is -2.07. The largest absolute Gasteiger partial charge is 0.466 e. The third kappa shape index (κ3) is 7.19. The number of allylic oxidation sites excluding steroid dienone is 1. The lowest BCUT2D eigenvalue weighted by molar-refractivity contribution is -0.142. The number of carbonyl (C=O) groups excluding carboxylic acids is 2. The van der Waals surface area contributed by atoms with Crippen molar-refractivity contribution in [3.05, 3.63) is 72.2 Å². The number of ether oxygens (including phenoxy) is 1. The second kappa shape index (κ2) is 12.6. The van der Waals surface area contributed by atoms with Gasteiger partial charge in [-0.25, -0.2) is 0 Å². The molecule has 2 heterocycles. The number of carbonyl (C=O) groups is 2. The van der Waals surface area contributed by atoms with Gasteiger partial charge in [-0.15, -0.1) is 0 Å². The van der Waals surface area contributed by atoms with Crippen LogP contribution in [-0.2, 0) is 27.3 Å². The Hall–Kier alpha value is -3.21. The predicted octanol–water partition coefficient (Wildman–Crippen LogP) is 5.77. The van der Waals surface area contributed by atoms with Crippen LogP contribution in [0.2, 0.25) is 0 Å². The molecule has 0 radical (unpaired) electrons. The van der Waals surface area contributed by atoms with Crippen molar-refractivity contribution in [1.29, 1.82) is 0 Å². The summed E-state index contributed by atoms with van der Waals surface area (Å²) < 4.78 is 7.36. The molecule has 1 aromatic carbocycles. The van der Waals surface area contributed by atoms with E-state index in [1.54, 1.807) is 18.5 Å². The van der Waals surface area contributed by atoms with Crippen molar-refractivity contribution in [3.63, 3.8) is 0 Å². The van der Waals surface area contributed by atoms with Crippen LogP contribution >= 0.6 is 0 Å². The van der Waals surface area contributed by atoms with E-state index >= 15 is 0 Å². The fourth-order valence-electron chi connectivity index (χ4n) is 3.87. The second-order valence-electron chi connectivity index (χ2n) is 7.95. The number of fused-ring (bicyclic) bond motifs is 1. The Labute approximate surface area is 190 Å². The van der Waals surface area contributed by atoms with Gasteiger partial charge in [-0.3, -0.25) is 14.6 Å². The fourth-order valence-corrected chi connectivity index (χ4v) is 3.87. The van der Waals surface area contributed by atoms with Crippen LogP contribution < -0.4 is 0 Å². The van der Waals surface area contributed by atoms with Crippen molar-refractivity contribution in [1.82, 2.24) is 9.55 Å². The monoisotopic (exact) mass is 432 g/mol. The summed E-state index contributed by atoms with van der Waals surface area (Å²) in [5.74, 6) is -0.0120. The van der Waals surface area contributed by atoms with Crippen LogP contribution in [0.4, 0.5) is 0 Å². The molecule has 3 rings (SSSR count). The van der Waals surface area contributed by atoms with E-state index in [-0.39, 0.29) is 11.8 Å². The maximum atomic E-state index is 12.0. The number of aromatic nitrogens is 2. The summed E-state index contributed by atoms with van der Waals surface area (Å²) in [6, 6.07) is 12.0. The molecule has 0 aliphatic heterocycles. The minimum atomic E-state index is -0.180. The molecule has 32 heavy (non-hydrogen) atoms. The maximum Gasteiger partial charge on any atom is 0.310 e. The van der Waals surface area contributed by atoms with Crippen molar-refractivity contribution in [3.8, 4) is 0 Å². The predicted molar refractivity (Wildman–Crippen MR) is 128 cm³/mol. The highest BCUT2D eigenvalue weighted by atomic mass is 16.5. The molecule has 0 saturated carbocycles. The van der Waals surface area contributed by atoms with Crippen LogP contribution in [0.1, 0.15) is 56.6 Å². The molecule has 0 amide bonds. The first-order valence-electron chi connectivity index (χ1n) is 11.5. The van der Waals surface area contributed by atoms with E-state index in [9.17, 15) is 9.59 Å². The van der Waals surface area contributed by atoms with Crippen LogP contribution in [0.3, 0.4) is 0 Å². The Bertz CT molecular complexity index is 1040. The van der Waals surface area contributed by atoms with Gasteiger partial charge in [0, 0.05) is 42.5 Å². The number of benzene rings is 1. The molecule has 3 aromatic rings. The summed E-state index contributed by atoms with van der Waals surface area (Å²) in [6.45, 7) is 3.16. The standard InChI is InChI=1S/C27H32N2O3/c1-2-32-27(31)19-23-21-29(26-14-8-7-13-25(23)26)18-9-5-3-4-6-12-24(30)16-15-22-11-10-17-28-20-22/h7-8,10-11,13-17,20-21H,2-6,9,12,18-19H2,1H3/b16-15+. The van der Waals surface area contributed by atoms with Crippen LogP contribution in [0.15, 0.2) is 61.1 Å². The SMILES string of the molecule is CCOC(=O)Cc1cn(CCCCCCCC(=O)/C=C/c2cccnc2)c2ccccc12. The van der Waals surface area contributed by atoms with Gasteiger partial charge >= 0.3 is 5.97 Å². The number of hydrogen-bond donors (Lipinski definition) is 0. The van der Waals surface area contributed by atoms with Crippen molar-refractivity contribution >= 4 is 28.7 Å². The maximum absolute atomic E-state index is 12.0. The van der Waals surface area contributed by atoms with Gasteiger partial charge in [0.05, 0.1) is 13.0 Å². The Morgan fingerprint density at radius 1 is 1.03 bits per heavy atom. The molecule has 0 atom stereocenters. The van der Waals surface area contributed by atoms with Gasteiger partial charge in [0.1, 0.15) is 0 Å². The first-order valence-corrected chi connectivity index (χ1v) is 11.5. The molecular formula is C27H32N2O3. The van der Waals surface area contributed by atoms with Gasteiger partial charge in [0.2, 0.25) is 0 Å². The van der Waals surface area contributed by atoms with Crippen molar-refractivity contribution in [2.45, 2.75) is 58.4 Å². The first-order chi connectivity index (χ1) is 15.7. The topological polar surface area (TPSA) is 61.2 Å². The van der Waals surface area contributed by atoms with Crippen LogP contribution in [0.25, 0.3) is 17.0 Å². The summed E-state index contributed by atoms with van der Waals surface area (Å²) in [5, 5.41) is 1.12. The second-order valence-corrected chi connectivity index (χ2v) is 7.95. The molecule has 5 heteroatoms. The zero-order chi connectivity index (χ0) is 22.6. The molecule has 0 fully saturated rings. The van der Waals surface area contributed by atoms with E-state index < -0.39 is 0 Å². The third-order valence-corrected chi connectivity index (χ3v) is 5.48. The number of aryl methyl sites for hydroxylation is 1. The molecule has 0 bridgehead atoms. The summed E-state index contributed by atoms with van der Waals surface area (Å²) in [4.78, 5) is 28.0. The number of pyridine rings is 1. The summed E-state index contributed by atoms with van der Waals surface area (Å²) in [6.07, 6.45) is 15.3. The summed E-state index contributed by atoms with van der Waals surface area (Å²) >= 11 is 0. The molecular weight excluding hydrogens is 400 g/mol. The van der Waals surface area contributed by atoms with Crippen LogP contribution in [0.5, 0.6) is 0 Å². The zero-order valence-electron chi connectivity index (χ0n) is 18.8. The molecule has 0 N–H and O–H groups in total. The van der Waals surface area contributed by atoms with E-state index in [0.29, 0.717) is 19.4 Å². The number of nitrogens with zero attached hydrogens (tertiary/aromatic N) is 2. The molecule has 0 unspecified atom stereocenters. The highest BCUT2D eigenvalue weighted by Gasteiger charge is 2.12. The highest BCUT2D eigenvalue weighted by molar-refractivity contribution is 5.93. The van der Waals surface area contributed by atoms with Gasteiger partial charge in [0.15, 0.2) is 5.78 Å². The van der Waals surface area contributed by atoms with Gasteiger partial charge in [0.25, 0.3) is 0 Å². The normalized spacial score (nSPS) is 11.3. The van der Waals surface area contributed by atoms with Crippen molar-refractivity contribution in [2.75, 3.05) is 6.61 Å². The zero-order valence-corrected chi connectivity index (χ0v) is 18.8. The summed E-state index contributed by atoms with van der Waals surface area (Å²) in [5.41, 5.74) is 3.14. The Kier molecular flexibility index (Phi) is 9.23. The Morgan fingerprint density at radius 3 is 2.66 bits per heavy atom. The van der Waals surface area contributed by atoms with E-state index in [0.717, 1.165) is 60.7 Å². The summed E-state index contributed by atoms with van der Waals surface area (Å²) in [7, 11) is 0. The van der Waals surface area contributed by atoms with Gasteiger partial charge in [-0.05, 0) is 55.2 Å². The van der Waals surface area contributed by atoms with Gasteiger partial charge in [-0.1, -0.05) is 43.5 Å². The fraction of sp³-hybridized carbons (Fsp3) is 0.370. The number of ketones is 1. The molecule has 0 spiro atoms. The van der Waals surface area contributed by atoms with Gasteiger partial charge in [-0.2, -0.15) is 0 Å². The molecule has 2 aromatic heterocycles. The minimum absolute atomic E-state index is 0.168. The van der Waals surface area contributed by atoms with E-state index in [4.69, 9.17) is 4.74 Å². The average Bonchev–Trinajstić information content (AvgIpc) is 3.15. The lowest BCUT2D eigenvalue weighted by Gasteiger charge is -2.05. The number of rotatable bonds is 13. The van der Waals surface area contributed by atoms with Crippen molar-refractivity contribution in [2.24, 2.45) is 0 Å². The smallest absolute Gasteiger partial charge is 0.310 e. The van der Waals surface area contributed by atoms with Gasteiger partial charge < -0.3 is 9.30 Å².